The van der Waals surface area contributed by atoms with Crippen LogP contribution in [0, 0.1) is 0 Å². The summed E-state index contributed by atoms with van der Waals surface area (Å²) in [6, 6.07) is 19.2. The lowest BCUT2D eigenvalue weighted by Gasteiger charge is -2.10. The second-order valence-corrected chi connectivity index (χ2v) is 6.90. The molecule has 0 unspecified atom stereocenters. The lowest BCUT2D eigenvalue weighted by atomic mass is 10.1. The fourth-order valence-electron chi connectivity index (χ4n) is 3.09. The fourth-order valence-corrected chi connectivity index (χ4v) is 3.09. The molecule has 2 N–H and O–H groups in total. The van der Waals surface area contributed by atoms with Gasteiger partial charge in [0.2, 0.25) is 5.91 Å². The number of benzene rings is 3. The predicted octanol–water partition coefficient (Wildman–Crippen LogP) is 4.54. The van der Waals surface area contributed by atoms with Crippen molar-refractivity contribution >= 4 is 23.2 Å². The van der Waals surface area contributed by atoms with Crippen LogP contribution in [0.25, 0.3) is 0 Å². The van der Waals surface area contributed by atoms with Gasteiger partial charge in [0.15, 0.2) is 11.5 Å². The van der Waals surface area contributed by atoms with Gasteiger partial charge >= 0.3 is 0 Å². The predicted molar refractivity (Wildman–Crippen MR) is 124 cm³/mol. The summed E-state index contributed by atoms with van der Waals surface area (Å²) in [7, 11) is 3.11. The first-order valence-corrected chi connectivity index (χ1v) is 10.2. The number of carbonyl (C=O) groups is 2. The Balaban J connectivity index is 1.56. The summed E-state index contributed by atoms with van der Waals surface area (Å²) in [6.07, 6.45) is 0.181. The number of hydrogen-bond acceptors (Lipinski definition) is 5. The van der Waals surface area contributed by atoms with E-state index in [-0.39, 0.29) is 18.2 Å². The number of anilines is 2. The van der Waals surface area contributed by atoms with E-state index >= 15 is 0 Å². The summed E-state index contributed by atoms with van der Waals surface area (Å²) in [4.78, 5) is 24.9. The van der Waals surface area contributed by atoms with Gasteiger partial charge in [0.25, 0.3) is 5.91 Å². The molecule has 7 heteroatoms. The van der Waals surface area contributed by atoms with Crippen LogP contribution < -0.4 is 24.8 Å². The van der Waals surface area contributed by atoms with E-state index in [2.05, 4.69) is 10.6 Å². The fraction of sp³-hybridized carbons (Fsp3) is 0.200. The zero-order valence-electron chi connectivity index (χ0n) is 18.3. The molecule has 2 amide bonds. The van der Waals surface area contributed by atoms with E-state index in [1.165, 1.54) is 0 Å². The maximum Gasteiger partial charge on any atom is 0.255 e. The molecule has 3 aromatic rings. The Bertz CT molecular complexity index is 1060. The van der Waals surface area contributed by atoms with Crippen LogP contribution in [-0.2, 0) is 11.2 Å². The van der Waals surface area contributed by atoms with Crippen molar-refractivity contribution in [2.24, 2.45) is 0 Å². The molecule has 0 fully saturated rings. The minimum Gasteiger partial charge on any atom is -0.494 e. The van der Waals surface area contributed by atoms with Crippen molar-refractivity contribution in [3.05, 3.63) is 77.9 Å². The van der Waals surface area contributed by atoms with Crippen LogP contribution in [0.1, 0.15) is 22.8 Å². The Morgan fingerprint density at radius 2 is 1.41 bits per heavy atom. The quantitative estimate of drug-likeness (QED) is 0.517. The number of carbonyl (C=O) groups excluding carboxylic acids is 2. The van der Waals surface area contributed by atoms with Crippen molar-refractivity contribution in [1.82, 2.24) is 0 Å². The van der Waals surface area contributed by atoms with Gasteiger partial charge in [-0.05, 0) is 73.2 Å². The Kier molecular flexibility index (Phi) is 7.70. The highest BCUT2D eigenvalue weighted by atomic mass is 16.5. The molecular formula is C25H26N2O5. The molecule has 7 nitrogen and oxygen atoms in total. The van der Waals surface area contributed by atoms with Crippen molar-refractivity contribution in [3.63, 3.8) is 0 Å². The first kappa shape index (κ1) is 22.7. The van der Waals surface area contributed by atoms with Gasteiger partial charge in [0, 0.05) is 16.9 Å². The first-order valence-electron chi connectivity index (χ1n) is 10.2. The zero-order valence-corrected chi connectivity index (χ0v) is 18.3. The summed E-state index contributed by atoms with van der Waals surface area (Å²) in [5, 5.41) is 5.67. The lowest BCUT2D eigenvalue weighted by molar-refractivity contribution is -0.115. The van der Waals surface area contributed by atoms with Crippen molar-refractivity contribution in [3.8, 4) is 17.2 Å². The Morgan fingerprint density at radius 3 is 2.03 bits per heavy atom. The van der Waals surface area contributed by atoms with Crippen LogP contribution in [0.4, 0.5) is 11.4 Å². The van der Waals surface area contributed by atoms with Gasteiger partial charge in [-0.2, -0.15) is 0 Å². The van der Waals surface area contributed by atoms with Gasteiger partial charge in [-0.1, -0.05) is 6.07 Å². The molecule has 0 radical (unpaired) electrons. The topological polar surface area (TPSA) is 85.9 Å². The summed E-state index contributed by atoms with van der Waals surface area (Å²) in [5.74, 6) is 1.51. The highest BCUT2D eigenvalue weighted by molar-refractivity contribution is 6.04. The van der Waals surface area contributed by atoms with Crippen molar-refractivity contribution < 1.29 is 23.8 Å². The number of ether oxygens (including phenoxy) is 3. The molecule has 0 aliphatic carbocycles. The SMILES string of the molecule is CCOc1ccc(NC(=O)c2ccc(NC(=O)Cc3ccc(OC)c(OC)c3)cc2)cc1. The summed E-state index contributed by atoms with van der Waals surface area (Å²) in [6.45, 7) is 2.50. The van der Waals surface area contributed by atoms with E-state index in [0.29, 0.717) is 35.0 Å². The Morgan fingerprint density at radius 1 is 0.781 bits per heavy atom. The third-order valence-electron chi connectivity index (χ3n) is 4.67. The van der Waals surface area contributed by atoms with Crippen LogP contribution in [0.3, 0.4) is 0 Å². The third-order valence-corrected chi connectivity index (χ3v) is 4.67. The lowest BCUT2D eigenvalue weighted by Crippen LogP contribution is -2.15. The van der Waals surface area contributed by atoms with E-state index in [0.717, 1.165) is 11.3 Å². The molecule has 0 heterocycles. The van der Waals surface area contributed by atoms with Gasteiger partial charge in [0.05, 0.1) is 27.2 Å². The zero-order chi connectivity index (χ0) is 22.9. The average molecular weight is 434 g/mol. The molecule has 0 saturated heterocycles. The number of methoxy groups -OCH3 is 2. The van der Waals surface area contributed by atoms with E-state index < -0.39 is 0 Å². The average Bonchev–Trinajstić information content (AvgIpc) is 2.80. The van der Waals surface area contributed by atoms with Gasteiger partial charge in [-0.25, -0.2) is 0 Å². The van der Waals surface area contributed by atoms with E-state index in [1.54, 1.807) is 74.9 Å². The summed E-state index contributed by atoms with van der Waals surface area (Å²) >= 11 is 0. The van der Waals surface area contributed by atoms with Gasteiger partial charge < -0.3 is 24.8 Å². The third kappa shape index (κ3) is 6.01. The van der Waals surface area contributed by atoms with E-state index in [4.69, 9.17) is 14.2 Å². The number of hydrogen-bond donors (Lipinski definition) is 2. The smallest absolute Gasteiger partial charge is 0.255 e. The molecule has 0 aliphatic heterocycles. The standard InChI is InChI=1S/C25H26N2O5/c1-4-32-21-12-10-20(11-13-21)27-25(29)18-6-8-19(9-7-18)26-24(28)16-17-5-14-22(30-2)23(15-17)31-3/h5-15H,4,16H2,1-3H3,(H,26,28)(H,27,29). The minimum atomic E-state index is -0.239. The maximum absolute atomic E-state index is 12.5. The molecule has 0 saturated carbocycles. The molecule has 3 rings (SSSR count). The molecule has 0 spiro atoms. The second-order valence-electron chi connectivity index (χ2n) is 6.90. The van der Waals surface area contributed by atoms with Crippen LogP contribution in [0.15, 0.2) is 66.7 Å². The number of nitrogens with one attached hydrogen (secondary N) is 2. The van der Waals surface area contributed by atoms with Crippen LogP contribution in [-0.4, -0.2) is 32.6 Å². The molecule has 0 aliphatic rings. The van der Waals surface area contributed by atoms with Crippen LogP contribution in [0.5, 0.6) is 17.2 Å². The highest BCUT2D eigenvalue weighted by Gasteiger charge is 2.10. The normalized spacial score (nSPS) is 10.2. The van der Waals surface area contributed by atoms with E-state index in [1.807, 2.05) is 13.0 Å². The summed E-state index contributed by atoms with van der Waals surface area (Å²) in [5.41, 5.74) is 2.56. The van der Waals surface area contributed by atoms with E-state index in [9.17, 15) is 9.59 Å². The molecule has 3 aromatic carbocycles. The maximum atomic E-state index is 12.5. The first-order chi connectivity index (χ1) is 15.5. The Labute approximate surface area is 187 Å². The molecule has 0 atom stereocenters. The molecule has 0 aromatic heterocycles. The summed E-state index contributed by atoms with van der Waals surface area (Å²) < 4.78 is 15.9. The van der Waals surface area contributed by atoms with Gasteiger partial charge in [-0.15, -0.1) is 0 Å². The van der Waals surface area contributed by atoms with Crippen molar-refractivity contribution in [1.29, 1.82) is 0 Å². The Hall–Kier alpha value is -4.00. The van der Waals surface area contributed by atoms with Crippen molar-refractivity contribution in [2.45, 2.75) is 13.3 Å². The van der Waals surface area contributed by atoms with Crippen LogP contribution in [0.2, 0.25) is 0 Å². The van der Waals surface area contributed by atoms with Crippen molar-refractivity contribution in [2.75, 3.05) is 31.5 Å². The molecule has 32 heavy (non-hydrogen) atoms. The van der Waals surface area contributed by atoms with Crippen LogP contribution >= 0.6 is 0 Å². The minimum absolute atomic E-state index is 0.177. The molecule has 0 bridgehead atoms. The van der Waals surface area contributed by atoms with Gasteiger partial charge in [-0.3, -0.25) is 9.59 Å². The number of amides is 2. The molecular weight excluding hydrogens is 408 g/mol. The monoisotopic (exact) mass is 434 g/mol. The second kappa shape index (κ2) is 10.9. The largest absolute Gasteiger partial charge is 0.494 e. The van der Waals surface area contributed by atoms with Gasteiger partial charge in [0.1, 0.15) is 5.75 Å². The molecule has 166 valence electrons. The number of rotatable bonds is 9. The highest BCUT2D eigenvalue weighted by Crippen LogP contribution is 2.27.